The van der Waals surface area contributed by atoms with Crippen molar-refractivity contribution < 1.29 is 14.3 Å². The highest BCUT2D eigenvalue weighted by molar-refractivity contribution is 6.42. The predicted molar refractivity (Wildman–Crippen MR) is 95.0 cm³/mol. The van der Waals surface area contributed by atoms with Crippen molar-refractivity contribution in [1.82, 2.24) is 10.6 Å². The van der Waals surface area contributed by atoms with Gasteiger partial charge in [0.15, 0.2) is 0 Å². The summed E-state index contributed by atoms with van der Waals surface area (Å²) in [5.74, 6) is 4.42. The fourth-order valence-corrected chi connectivity index (χ4v) is 2.27. The molecule has 130 valence electrons. The Morgan fingerprint density at radius 3 is 2.54 bits per heavy atom. The molecular weight excluding hydrogens is 351 g/mol. The fourth-order valence-electron chi connectivity index (χ4n) is 1.83. The minimum atomic E-state index is -0.649. The number of hydrogen-bond donors (Lipinski definition) is 2. The minimum Gasteiger partial charge on any atom is -0.444 e. The SMILES string of the molecule is CC#CC(=O)NCC(NC(=O)OC(C)(C)C)c1cccc(Cl)c1Cl. The largest absolute Gasteiger partial charge is 0.444 e. The van der Waals surface area contributed by atoms with Gasteiger partial charge in [0.1, 0.15) is 5.60 Å². The molecule has 0 aliphatic heterocycles. The summed E-state index contributed by atoms with van der Waals surface area (Å²) in [5, 5.41) is 5.95. The van der Waals surface area contributed by atoms with Crippen molar-refractivity contribution in [2.24, 2.45) is 0 Å². The zero-order valence-electron chi connectivity index (χ0n) is 14.0. The van der Waals surface area contributed by atoms with E-state index in [1.807, 2.05) is 0 Å². The van der Waals surface area contributed by atoms with E-state index in [9.17, 15) is 9.59 Å². The predicted octanol–water partition coefficient (Wildman–Crippen LogP) is 3.70. The van der Waals surface area contributed by atoms with Crippen molar-refractivity contribution in [2.75, 3.05) is 6.54 Å². The average molecular weight is 371 g/mol. The number of benzene rings is 1. The van der Waals surface area contributed by atoms with Gasteiger partial charge >= 0.3 is 6.09 Å². The summed E-state index contributed by atoms with van der Waals surface area (Å²) in [4.78, 5) is 23.6. The third-order valence-corrected chi connectivity index (χ3v) is 3.59. The van der Waals surface area contributed by atoms with Gasteiger partial charge in [-0.15, -0.1) is 0 Å². The maximum absolute atomic E-state index is 12.1. The molecule has 0 saturated heterocycles. The lowest BCUT2D eigenvalue weighted by Gasteiger charge is -2.24. The van der Waals surface area contributed by atoms with E-state index in [4.69, 9.17) is 27.9 Å². The highest BCUT2D eigenvalue weighted by Crippen LogP contribution is 2.30. The first-order valence-corrected chi connectivity index (χ1v) is 8.03. The molecule has 0 aromatic heterocycles. The van der Waals surface area contributed by atoms with Crippen LogP contribution in [0.1, 0.15) is 39.3 Å². The molecule has 0 saturated carbocycles. The second-order valence-electron chi connectivity index (χ2n) is 5.93. The zero-order chi connectivity index (χ0) is 18.3. The van der Waals surface area contributed by atoms with Gasteiger partial charge in [-0.1, -0.05) is 41.3 Å². The molecule has 0 aliphatic carbocycles. The second kappa shape index (κ2) is 8.81. The van der Waals surface area contributed by atoms with Crippen molar-refractivity contribution in [1.29, 1.82) is 0 Å². The molecule has 24 heavy (non-hydrogen) atoms. The molecule has 0 heterocycles. The van der Waals surface area contributed by atoms with Crippen molar-refractivity contribution in [2.45, 2.75) is 39.3 Å². The third-order valence-electron chi connectivity index (χ3n) is 2.75. The number of ether oxygens (including phenoxy) is 1. The van der Waals surface area contributed by atoms with Gasteiger partial charge < -0.3 is 15.4 Å². The summed E-state index contributed by atoms with van der Waals surface area (Å²) in [6.45, 7) is 6.92. The van der Waals surface area contributed by atoms with Crippen LogP contribution in [0.2, 0.25) is 10.0 Å². The van der Waals surface area contributed by atoms with E-state index < -0.39 is 23.6 Å². The summed E-state index contributed by atoms with van der Waals surface area (Å²) in [7, 11) is 0. The van der Waals surface area contributed by atoms with Gasteiger partial charge in [-0.3, -0.25) is 4.79 Å². The van der Waals surface area contributed by atoms with Crippen molar-refractivity contribution in [3.63, 3.8) is 0 Å². The lowest BCUT2D eigenvalue weighted by atomic mass is 10.1. The molecule has 2 N–H and O–H groups in total. The molecule has 0 fully saturated rings. The molecule has 0 bridgehead atoms. The van der Waals surface area contributed by atoms with Crippen LogP contribution in [0.25, 0.3) is 0 Å². The highest BCUT2D eigenvalue weighted by atomic mass is 35.5. The molecule has 1 unspecified atom stereocenters. The summed E-state index contributed by atoms with van der Waals surface area (Å²) in [6.07, 6.45) is -0.626. The van der Waals surface area contributed by atoms with Crippen LogP contribution in [0, 0.1) is 11.8 Å². The van der Waals surface area contributed by atoms with E-state index in [0.29, 0.717) is 15.6 Å². The number of halogens is 2. The maximum atomic E-state index is 12.1. The number of nitrogens with one attached hydrogen (secondary N) is 2. The lowest BCUT2D eigenvalue weighted by Crippen LogP contribution is -2.40. The van der Waals surface area contributed by atoms with Gasteiger partial charge in [-0.05, 0) is 45.2 Å². The number of carbonyl (C=O) groups is 2. The number of carbonyl (C=O) groups excluding carboxylic acids is 2. The van der Waals surface area contributed by atoms with E-state index in [0.717, 1.165) is 0 Å². The van der Waals surface area contributed by atoms with E-state index in [1.54, 1.807) is 45.9 Å². The molecule has 0 aliphatic rings. The smallest absolute Gasteiger partial charge is 0.408 e. The van der Waals surface area contributed by atoms with Crippen LogP contribution in [0.15, 0.2) is 18.2 Å². The van der Waals surface area contributed by atoms with E-state index in [-0.39, 0.29) is 6.54 Å². The number of alkyl carbamates (subject to hydrolysis) is 1. The third kappa shape index (κ3) is 6.69. The maximum Gasteiger partial charge on any atom is 0.408 e. The van der Waals surface area contributed by atoms with E-state index in [1.165, 1.54) is 0 Å². The van der Waals surface area contributed by atoms with Gasteiger partial charge in [0.2, 0.25) is 0 Å². The summed E-state index contributed by atoms with van der Waals surface area (Å²) >= 11 is 12.2. The van der Waals surface area contributed by atoms with Crippen molar-refractivity contribution >= 4 is 35.2 Å². The van der Waals surface area contributed by atoms with Gasteiger partial charge in [0, 0.05) is 6.54 Å². The van der Waals surface area contributed by atoms with E-state index >= 15 is 0 Å². The van der Waals surface area contributed by atoms with Crippen molar-refractivity contribution in [3.05, 3.63) is 33.8 Å². The lowest BCUT2D eigenvalue weighted by molar-refractivity contribution is -0.115. The molecule has 1 aromatic carbocycles. The molecule has 0 spiro atoms. The quantitative estimate of drug-likeness (QED) is 0.794. The van der Waals surface area contributed by atoms with Crippen LogP contribution < -0.4 is 10.6 Å². The zero-order valence-corrected chi connectivity index (χ0v) is 15.5. The summed E-state index contributed by atoms with van der Waals surface area (Å²) in [6, 6.07) is 4.45. The van der Waals surface area contributed by atoms with Crippen molar-refractivity contribution in [3.8, 4) is 11.8 Å². The van der Waals surface area contributed by atoms with Crippen LogP contribution in [0.3, 0.4) is 0 Å². The first-order valence-electron chi connectivity index (χ1n) is 7.28. The normalized spacial score (nSPS) is 11.8. The number of amides is 2. The Morgan fingerprint density at radius 2 is 1.96 bits per heavy atom. The number of rotatable bonds is 4. The van der Waals surface area contributed by atoms with Gasteiger partial charge in [-0.2, -0.15) is 0 Å². The molecular formula is C17H20Cl2N2O3. The van der Waals surface area contributed by atoms with E-state index in [2.05, 4.69) is 22.5 Å². The average Bonchev–Trinajstić information content (AvgIpc) is 2.45. The first-order chi connectivity index (χ1) is 11.1. The van der Waals surface area contributed by atoms with Gasteiger partial charge in [0.25, 0.3) is 5.91 Å². The molecule has 1 rings (SSSR count). The van der Waals surface area contributed by atoms with Crippen LogP contribution in [0.5, 0.6) is 0 Å². The summed E-state index contributed by atoms with van der Waals surface area (Å²) in [5.41, 5.74) is -0.0799. The monoisotopic (exact) mass is 370 g/mol. The highest BCUT2D eigenvalue weighted by Gasteiger charge is 2.23. The first kappa shape index (κ1) is 20.1. The second-order valence-corrected chi connectivity index (χ2v) is 6.71. The Morgan fingerprint density at radius 1 is 1.29 bits per heavy atom. The van der Waals surface area contributed by atoms with Crippen LogP contribution >= 0.6 is 23.2 Å². The standard InChI is InChI=1S/C17H20Cl2N2O3/c1-5-7-14(22)20-10-13(21-16(23)24-17(2,3)4)11-8-6-9-12(18)15(11)19/h6,8-9,13H,10H2,1-4H3,(H,20,22)(H,21,23). The van der Waals surface area contributed by atoms with Crippen LogP contribution in [0.4, 0.5) is 4.79 Å². The molecule has 1 aromatic rings. The molecule has 2 amide bonds. The Kier molecular flexibility index (Phi) is 7.40. The fraction of sp³-hybridized carbons (Fsp3) is 0.412. The molecule has 0 radical (unpaired) electrons. The van der Waals surface area contributed by atoms with Crippen LogP contribution in [-0.2, 0) is 9.53 Å². The molecule has 1 atom stereocenters. The molecule has 5 nitrogen and oxygen atoms in total. The Hall–Kier alpha value is -1.90. The summed E-state index contributed by atoms with van der Waals surface area (Å²) < 4.78 is 5.25. The Labute approximate surface area is 152 Å². The van der Waals surface area contributed by atoms with Crippen LogP contribution in [-0.4, -0.2) is 24.1 Å². The topological polar surface area (TPSA) is 67.4 Å². The molecule has 7 heteroatoms. The minimum absolute atomic E-state index is 0.0901. The van der Waals surface area contributed by atoms with Gasteiger partial charge in [-0.25, -0.2) is 4.79 Å². The Balaban J connectivity index is 2.98. The Bertz CT molecular complexity index is 673. The number of hydrogen-bond acceptors (Lipinski definition) is 3. The van der Waals surface area contributed by atoms with Gasteiger partial charge in [0.05, 0.1) is 16.1 Å².